The van der Waals surface area contributed by atoms with Crippen molar-refractivity contribution in [2.75, 3.05) is 13.2 Å². The highest BCUT2D eigenvalue weighted by molar-refractivity contribution is 5.92. The van der Waals surface area contributed by atoms with E-state index < -0.39 is 11.8 Å². The smallest absolute Gasteiger partial charge is 0.335 e. The van der Waals surface area contributed by atoms with E-state index in [4.69, 9.17) is 19.2 Å². The number of carboxylic acid groups (broad SMARTS) is 1. The van der Waals surface area contributed by atoms with Gasteiger partial charge in [-0.05, 0) is 72.9 Å². The second-order valence-electron chi connectivity index (χ2n) is 11.3. The van der Waals surface area contributed by atoms with Gasteiger partial charge in [0.05, 0.1) is 53.2 Å². The Kier molecular flexibility index (Phi) is 7.61. The highest BCUT2D eigenvalue weighted by atomic mass is 19.1. The molecule has 9 nitrogen and oxygen atoms in total. The standard InChI is InChI=1S/C35H29FN4O5/c36-28-14-25(16-33-38-30-9-8-23(35(41)42)15-31(30)40(33)19-26-10-12-43-26)32-17-27(28)29-4-1-5-34(39-29)45-20-21-6-7-24(18-37)22(13-21)3-2-11-44-32/h1,4-9,13-15,17,26H,2-3,10-12,16,19-20H2,(H,41,42)/t26-/m0/s1. The van der Waals surface area contributed by atoms with Crippen LogP contribution in [-0.2, 0) is 30.7 Å². The molecule has 0 amide bonds. The van der Waals surface area contributed by atoms with Crippen LogP contribution in [-0.4, -0.2) is 44.9 Å². The summed E-state index contributed by atoms with van der Waals surface area (Å²) in [4.78, 5) is 21.1. The molecule has 0 unspecified atom stereocenters. The van der Waals surface area contributed by atoms with Crippen molar-refractivity contribution in [1.29, 1.82) is 5.26 Å². The van der Waals surface area contributed by atoms with Crippen LogP contribution in [0.25, 0.3) is 22.3 Å². The summed E-state index contributed by atoms with van der Waals surface area (Å²) in [5.74, 6) is 0.0106. The minimum absolute atomic E-state index is 0.00974. The Labute approximate surface area is 258 Å². The van der Waals surface area contributed by atoms with Crippen molar-refractivity contribution in [3.63, 3.8) is 0 Å². The number of carbonyl (C=O) groups is 1. The summed E-state index contributed by atoms with van der Waals surface area (Å²) in [7, 11) is 0. The third-order valence-corrected chi connectivity index (χ3v) is 8.28. The summed E-state index contributed by atoms with van der Waals surface area (Å²) < 4.78 is 35.8. The molecule has 226 valence electrons. The van der Waals surface area contributed by atoms with Gasteiger partial charge in [-0.1, -0.05) is 18.2 Å². The molecular formula is C35H29FN4O5. The Morgan fingerprint density at radius 1 is 1.07 bits per heavy atom. The van der Waals surface area contributed by atoms with Gasteiger partial charge in [-0.2, -0.15) is 5.26 Å². The quantitative estimate of drug-likeness (QED) is 0.256. The molecule has 0 radical (unpaired) electrons. The largest absolute Gasteiger partial charge is 0.493 e. The first kappa shape index (κ1) is 28.5. The number of fused-ring (bicyclic) bond motifs is 8. The van der Waals surface area contributed by atoms with Crippen molar-refractivity contribution in [1.82, 2.24) is 14.5 Å². The molecule has 5 aromatic rings. The fourth-order valence-electron chi connectivity index (χ4n) is 5.81. The number of carboxylic acids is 1. The number of hydrogen-bond acceptors (Lipinski definition) is 7. The molecule has 1 atom stereocenters. The van der Waals surface area contributed by atoms with Crippen LogP contribution in [0.3, 0.4) is 0 Å². The van der Waals surface area contributed by atoms with Crippen LogP contribution in [0, 0.1) is 17.1 Å². The predicted molar refractivity (Wildman–Crippen MR) is 163 cm³/mol. The summed E-state index contributed by atoms with van der Waals surface area (Å²) in [6, 6.07) is 21.1. The summed E-state index contributed by atoms with van der Waals surface area (Å²) >= 11 is 0. The van der Waals surface area contributed by atoms with E-state index in [1.54, 1.807) is 42.5 Å². The molecule has 7 rings (SSSR count). The first-order chi connectivity index (χ1) is 21.9. The molecule has 10 heteroatoms. The molecule has 2 aliphatic heterocycles. The molecule has 1 saturated heterocycles. The highest BCUT2D eigenvalue weighted by Gasteiger charge is 2.24. The van der Waals surface area contributed by atoms with E-state index in [1.807, 2.05) is 16.7 Å². The van der Waals surface area contributed by atoms with E-state index in [2.05, 4.69) is 11.1 Å². The number of halogens is 1. The van der Waals surface area contributed by atoms with Crippen molar-refractivity contribution >= 4 is 17.0 Å². The highest BCUT2D eigenvalue weighted by Crippen LogP contribution is 2.33. The summed E-state index contributed by atoms with van der Waals surface area (Å²) in [5, 5.41) is 19.3. The number of aromatic carboxylic acids is 1. The maximum Gasteiger partial charge on any atom is 0.335 e. The van der Waals surface area contributed by atoms with Crippen LogP contribution in [0.2, 0.25) is 0 Å². The van der Waals surface area contributed by atoms with E-state index in [-0.39, 0.29) is 30.3 Å². The molecule has 0 spiro atoms. The second-order valence-corrected chi connectivity index (χ2v) is 11.3. The summed E-state index contributed by atoms with van der Waals surface area (Å²) in [5.41, 5.74) is 5.20. The maximum absolute atomic E-state index is 15.9. The molecule has 2 aliphatic rings. The number of aromatic nitrogens is 3. The number of benzene rings is 3. The average Bonchev–Trinajstić information content (AvgIpc) is 3.36. The number of hydrogen-bond donors (Lipinski definition) is 1. The third-order valence-electron chi connectivity index (χ3n) is 8.28. The van der Waals surface area contributed by atoms with Crippen LogP contribution >= 0.6 is 0 Å². The lowest BCUT2D eigenvalue weighted by Crippen LogP contribution is -2.31. The first-order valence-corrected chi connectivity index (χ1v) is 14.9. The van der Waals surface area contributed by atoms with Gasteiger partial charge in [0.1, 0.15) is 24.0 Å². The predicted octanol–water partition coefficient (Wildman–Crippen LogP) is 6.09. The number of aryl methyl sites for hydroxylation is 1. The van der Waals surface area contributed by atoms with Crippen molar-refractivity contribution in [3.8, 4) is 29.0 Å². The molecule has 6 bridgehead atoms. The topological polar surface area (TPSA) is 119 Å². The monoisotopic (exact) mass is 604 g/mol. The fraction of sp³-hybridized carbons (Fsp3) is 0.257. The molecule has 0 saturated carbocycles. The number of nitrogens with zero attached hydrogens (tertiary/aromatic N) is 4. The van der Waals surface area contributed by atoms with Crippen molar-refractivity contribution in [2.24, 2.45) is 0 Å². The zero-order valence-corrected chi connectivity index (χ0v) is 24.3. The minimum atomic E-state index is -1.02. The van der Waals surface area contributed by atoms with E-state index in [0.717, 1.165) is 17.5 Å². The van der Waals surface area contributed by atoms with Crippen molar-refractivity contribution in [3.05, 3.63) is 106 Å². The Hall–Kier alpha value is -5.27. The van der Waals surface area contributed by atoms with Crippen molar-refractivity contribution in [2.45, 2.75) is 44.9 Å². The molecule has 3 aromatic carbocycles. The van der Waals surface area contributed by atoms with Crippen LogP contribution in [0.4, 0.5) is 4.39 Å². The molecule has 45 heavy (non-hydrogen) atoms. The second kappa shape index (κ2) is 12.0. The normalized spacial score (nSPS) is 16.0. The summed E-state index contributed by atoms with van der Waals surface area (Å²) in [6.07, 6.45) is 2.38. The zero-order chi connectivity index (χ0) is 30.9. The Morgan fingerprint density at radius 2 is 1.96 bits per heavy atom. The van der Waals surface area contributed by atoms with Gasteiger partial charge >= 0.3 is 5.97 Å². The molecule has 2 aromatic heterocycles. The Balaban J connectivity index is 1.28. The van der Waals surface area contributed by atoms with Gasteiger partial charge < -0.3 is 23.9 Å². The van der Waals surface area contributed by atoms with E-state index in [0.29, 0.717) is 77.9 Å². The van der Waals surface area contributed by atoms with Gasteiger partial charge in [0.25, 0.3) is 0 Å². The molecule has 4 heterocycles. The van der Waals surface area contributed by atoms with Crippen molar-refractivity contribution < 1.29 is 28.5 Å². The van der Waals surface area contributed by atoms with Crippen LogP contribution in [0.1, 0.15) is 51.3 Å². The lowest BCUT2D eigenvalue weighted by Gasteiger charge is -2.27. The van der Waals surface area contributed by atoms with Gasteiger partial charge in [0.2, 0.25) is 5.88 Å². The number of nitriles is 1. The van der Waals surface area contributed by atoms with Crippen LogP contribution < -0.4 is 9.47 Å². The number of ether oxygens (including phenoxy) is 3. The fourth-order valence-corrected chi connectivity index (χ4v) is 5.81. The number of pyridine rings is 1. The number of rotatable bonds is 5. The van der Waals surface area contributed by atoms with Gasteiger partial charge in [0, 0.05) is 30.2 Å². The Morgan fingerprint density at radius 3 is 2.76 bits per heavy atom. The average molecular weight is 605 g/mol. The molecule has 1 fully saturated rings. The lowest BCUT2D eigenvalue weighted by atomic mass is 10.0. The van der Waals surface area contributed by atoms with E-state index >= 15 is 4.39 Å². The maximum atomic E-state index is 15.9. The van der Waals surface area contributed by atoms with Crippen LogP contribution in [0.5, 0.6) is 11.6 Å². The molecule has 1 N–H and O–H groups in total. The lowest BCUT2D eigenvalue weighted by molar-refractivity contribution is -0.0589. The summed E-state index contributed by atoms with van der Waals surface area (Å²) in [6.45, 7) is 1.78. The van der Waals surface area contributed by atoms with E-state index in [9.17, 15) is 15.2 Å². The Bertz CT molecular complexity index is 1980. The molecular weight excluding hydrogens is 575 g/mol. The zero-order valence-electron chi connectivity index (χ0n) is 24.3. The van der Waals surface area contributed by atoms with Gasteiger partial charge in [-0.15, -0.1) is 0 Å². The van der Waals surface area contributed by atoms with Crippen LogP contribution in [0.15, 0.2) is 66.7 Å². The van der Waals surface area contributed by atoms with Gasteiger partial charge in [-0.3, -0.25) is 0 Å². The van der Waals surface area contributed by atoms with Gasteiger partial charge in [-0.25, -0.2) is 19.2 Å². The SMILES string of the molecule is N#Cc1ccc2cc1CCCOc1cc(c(F)cc1Cc1nc3ccc(C(=O)O)cc3n1C[C@@H]1CCO1)-c1cccc(n1)OC2. The third kappa shape index (κ3) is 5.82. The molecule has 0 aliphatic carbocycles. The van der Waals surface area contributed by atoms with E-state index in [1.165, 1.54) is 12.1 Å². The van der Waals surface area contributed by atoms with Gasteiger partial charge in [0.15, 0.2) is 0 Å². The number of imidazole rings is 1. The first-order valence-electron chi connectivity index (χ1n) is 14.9. The minimum Gasteiger partial charge on any atom is -0.493 e.